The maximum atomic E-state index is 13.4. The monoisotopic (exact) mass is 427 g/mol. The van der Waals surface area contributed by atoms with Gasteiger partial charge in [0, 0.05) is 18.2 Å². The molecule has 1 saturated heterocycles. The average molecular weight is 428 g/mol. The van der Waals surface area contributed by atoms with Crippen LogP contribution in [0, 0.1) is 0 Å². The van der Waals surface area contributed by atoms with Gasteiger partial charge in [-0.15, -0.1) is 0 Å². The Kier molecular flexibility index (Phi) is 7.00. The molecule has 1 aliphatic heterocycles. The maximum absolute atomic E-state index is 13.4. The molecule has 1 aliphatic rings. The Bertz CT molecular complexity index is 1030. The van der Waals surface area contributed by atoms with E-state index in [-0.39, 0.29) is 23.7 Å². The van der Waals surface area contributed by atoms with Gasteiger partial charge in [0.2, 0.25) is 0 Å². The number of Topliss-reactive ketones (excluding diaryl/α,β-unsaturated/α-hetero) is 1. The van der Waals surface area contributed by atoms with E-state index in [1.165, 1.54) is 0 Å². The molecule has 3 aromatic carbocycles. The smallest absolute Gasteiger partial charge is 0.254 e. The number of hydrogen-bond donors (Lipinski definition) is 0. The molecular weight excluding hydrogens is 398 g/mol. The van der Waals surface area contributed by atoms with Gasteiger partial charge in [-0.05, 0) is 61.6 Å². The number of carbonyl (C=O) groups is 2. The van der Waals surface area contributed by atoms with E-state index >= 15 is 0 Å². The third kappa shape index (κ3) is 5.08. The first-order chi connectivity index (χ1) is 15.6. The lowest BCUT2D eigenvalue weighted by Crippen LogP contribution is -2.48. The Balaban J connectivity index is 1.49. The zero-order valence-corrected chi connectivity index (χ0v) is 18.4. The zero-order valence-electron chi connectivity index (χ0n) is 18.4. The zero-order chi connectivity index (χ0) is 22.3. The molecule has 1 fully saturated rings. The summed E-state index contributed by atoms with van der Waals surface area (Å²) >= 11 is 0. The second-order valence-electron chi connectivity index (χ2n) is 8.36. The number of amides is 1. The van der Waals surface area contributed by atoms with Crippen molar-refractivity contribution in [2.24, 2.45) is 0 Å². The van der Waals surface area contributed by atoms with Crippen LogP contribution in [0.2, 0.25) is 0 Å². The molecule has 4 rings (SSSR count). The number of benzene rings is 3. The van der Waals surface area contributed by atoms with Crippen molar-refractivity contribution in [3.05, 3.63) is 102 Å². The van der Waals surface area contributed by atoms with Crippen molar-refractivity contribution in [1.82, 2.24) is 4.90 Å². The van der Waals surface area contributed by atoms with E-state index in [1.807, 2.05) is 89.8 Å². The van der Waals surface area contributed by atoms with Gasteiger partial charge >= 0.3 is 0 Å². The van der Waals surface area contributed by atoms with Crippen molar-refractivity contribution in [1.29, 1.82) is 0 Å². The Morgan fingerprint density at radius 2 is 1.56 bits per heavy atom. The molecule has 32 heavy (non-hydrogen) atoms. The van der Waals surface area contributed by atoms with E-state index in [1.54, 1.807) is 6.92 Å². The van der Waals surface area contributed by atoms with Gasteiger partial charge in [0.25, 0.3) is 5.91 Å². The van der Waals surface area contributed by atoms with Crippen molar-refractivity contribution in [3.63, 3.8) is 0 Å². The van der Waals surface area contributed by atoms with Gasteiger partial charge in [0.15, 0.2) is 0 Å². The van der Waals surface area contributed by atoms with Gasteiger partial charge in [-0.1, -0.05) is 60.7 Å². The fourth-order valence-electron chi connectivity index (χ4n) is 4.54. The minimum Gasteiger partial charge on any atom is -0.489 e. The Labute approximate surface area is 189 Å². The van der Waals surface area contributed by atoms with E-state index in [0.29, 0.717) is 18.7 Å². The van der Waals surface area contributed by atoms with E-state index in [9.17, 15) is 9.59 Å². The van der Waals surface area contributed by atoms with Crippen LogP contribution >= 0.6 is 0 Å². The van der Waals surface area contributed by atoms with Crippen LogP contribution in [0.25, 0.3) is 0 Å². The van der Waals surface area contributed by atoms with Crippen molar-refractivity contribution in [2.45, 2.75) is 44.8 Å². The number of hydrogen-bond acceptors (Lipinski definition) is 3. The Hall–Kier alpha value is -3.40. The van der Waals surface area contributed by atoms with E-state index in [4.69, 9.17) is 4.74 Å². The number of ether oxygens (including phenoxy) is 1. The van der Waals surface area contributed by atoms with Crippen LogP contribution in [0.15, 0.2) is 84.9 Å². The minimum atomic E-state index is -0.297. The van der Waals surface area contributed by atoms with Crippen molar-refractivity contribution in [3.8, 4) is 5.75 Å². The fourth-order valence-corrected chi connectivity index (χ4v) is 4.54. The van der Waals surface area contributed by atoms with Gasteiger partial charge in [0.05, 0.1) is 5.92 Å². The van der Waals surface area contributed by atoms with Gasteiger partial charge in [-0.2, -0.15) is 0 Å². The summed E-state index contributed by atoms with van der Waals surface area (Å²) in [5.74, 6) is 0.512. The quantitative estimate of drug-likeness (QED) is 0.491. The second kappa shape index (κ2) is 10.3. The number of ketones is 1. The third-order valence-corrected chi connectivity index (χ3v) is 6.14. The van der Waals surface area contributed by atoms with Crippen LogP contribution < -0.4 is 4.74 Å². The molecule has 4 heteroatoms. The molecule has 0 aliphatic carbocycles. The Morgan fingerprint density at radius 1 is 0.906 bits per heavy atom. The third-order valence-electron chi connectivity index (χ3n) is 6.14. The summed E-state index contributed by atoms with van der Waals surface area (Å²) in [5, 5.41) is 0. The lowest BCUT2D eigenvalue weighted by atomic mass is 9.82. The van der Waals surface area contributed by atoms with Crippen LogP contribution in [0.4, 0.5) is 0 Å². The summed E-state index contributed by atoms with van der Waals surface area (Å²) in [6.45, 7) is 2.79. The maximum Gasteiger partial charge on any atom is 0.254 e. The highest BCUT2D eigenvalue weighted by molar-refractivity contribution is 5.95. The van der Waals surface area contributed by atoms with Crippen LogP contribution in [0.5, 0.6) is 5.75 Å². The predicted octanol–water partition coefficient (Wildman–Crippen LogP) is 5.63. The van der Waals surface area contributed by atoms with Gasteiger partial charge < -0.3 is 9.64 Å². The second-order valence-corrected chi connectivity index (χ2v) is 8.36. The first kappa shape index (κ1) is 21.8. The molecular formula is C28H29NO3. The van der Waals surface area contributed by atoms with E-state index in [2.05, 4.69) is 0 Å². The molecule has 0 radical (unpaired) electrons. The van der Waals surface area contributed by atoms with Crippen LogP contribution in [-0.4, -0.2) is 29.2 Å². The molecule has 2 atom stereocenters. The lowest BCUT2D eigenvalue weighted by molar-refractivity contribution is -0.120. The van der Waals surface area contributed by atoms with Crippen LogP contribution in [0.1, 0.15) is 53.6 Å². The van der Waals surface area contributed by atoms with Crippen LogP contribution in [0.3, 0.4) is 0 Å². The first-order valence-corrected chi connectivity index (χ1v) is 11.3. The summed E-state index contributed by atoms with van der Waals surface area (Å²) in [5.41, 5.74) is 2.70. The normalized spacial score (nSPS) is 16.9. The van der Waals surface area contributed by atoms with Gasteiger partial charge in [-0.3, -0.25) is 9.59 Å². The summed E-state index contributed by atoms with van der Waals surface area (Å²) in [7, 11) is 0. The molecule has 3 aromatic rings. The predicted molar refractivity (Wildman–Crippen MR) is 126 cm³/mol. The summed E-state index contributed by atoms with van der Waals surface area (Å²) in [4.78, 5) is 28.0. The standard InChI is InChI=1S/C28H29NO3/c1-21(30)27(23-12-6-3-7-13-23)26-14-8-9-19-29(26)28(31)24-15-17-25(18-16-24)32-20-22-10-4-2-5-11-22/h2-7,10-13,15-18,26-27H,8-9,14,19-20H2,1H3. The van der Waals surface area contributed by atoms with Gasteiger partial charge in [-0.25, -0.2) is 0 Å². The first-order valence-electron chi connectivity index (χ1n) is 11.3. The van der Waals surface area contributed by atoms with Crippen molar-refractivity contribution < 1.29 is 14.3 Å². The largest absolute Gasteiger partial charge is 0.489 e. The molecule has 0 saturated carbocycles. The fraction of sp³-hybridized carbons (Fsp3) is 0.286. The summed E-state index contributed by atoms with van der Waals surface area (Å²) in [6, 6.07) is 27.0. The lowest BCUT2D eigenvalue weighted by Gasteiger charge is -2.40. The number of rotatable bonds is 7. The highest BCUT2D eigenvalue weighted by Gasteiger charge is 2.36. The molecule has 4 nitrogen and oxygen atoms in total. The molecule has 0 spiro atoms. The highest BCUT2D eigenvalue weighted by Crippen LogP contribution is 2.32. The molecule has 164 valence electrons. The van der Waals surface area contributed by atoms with Crippen LogP contribution in [-0.2, 0) is 11.4 Å². The molecule has 1 amide bonds. The highest BCUT2D eigenvalue weighted by atomic mass is 16.5. The SMILES string of the molecule is CC(=O)C(c1ccccc1)C1CCCCN1C(=O)c1ccc(OCc2ccccc2)cc1. The number of piperidine rings is 1. The molecule has 0 N–H and O–H groups in total. The number of carbonyl (C=O) groups excluding carboxylic acids is 2. The van der Waals surface area contributed by atoms with Gasteiger partial charge in [0.1, 0.15) is 18.1 Å². The van der Waals surface area contributed by atoms with Crippen molar-refractivity contribution in [2.75, 3.05) is 6.54 Å². The molecule has 0 aromatic heterocycles. The number of nitrogens with zero attached hydrogens (tertiary/aromatic N) is 1. The number of likely N-dealkylation sites (tertiary alicyclic amines) is 1. The average Bonchev–Trinajstić information content (AvgIpc) is 2.84. The van der Waals surface area contributed by atoms with E-state index in [0.717, 1.165) is 36.1 Å². The summed E-state index contributed by atoms with van der Waals surface area (Å²) in [6.07, 6.45) is 2.82. The molecule has 0 bridgehead atoms. The Morgan fingerprint density at radius 3 is 2.22 bits per heavy atom. The van der Waals surface area contributed by atoms with E-state index < -0.39 is 0 Å². The molecule has 2 unspecified atom stereocenters. The molecule has 1 heterocycles. The van der Waals surface area contributed by atoms with Crippen molar-refractivity contribution >= 4 is 11.7 Å². The summed E-state index contributed by atoms with van der Waals surface area (Å²) < 4.78 is 5.85. The topological polar surface area (TPSA) is 46.6 Å². The minimum absolute atomic E-state index is 0.0218.